The van der Waals surface area contributed by atoms with Crippen LogP contribution in [-0.2, 0) is 9.47 Å². The van der Waals surface area contributed by atoms with Crippen molar-refractivity contribution in [2.45, 2.75) is 30.7 Å². The number of aliphatic hydroxyl groups is 4. The predicted molar refractivity (Wildman–Crippen MR) is 48.6 cm³/mol. The van der Waals surface area contributed by atoms with Crippen molar-refractivity contribution in [3.63, 3.8) is 0 Å². The highest BCUT2D eigenvalue weighted by Gasteiger charge is 2.43. The van der Waals surface area contributed by atoms with Crippen LogP contribution in [-0.4, -0.2) is 64.3 Å². The molecular weight excluding hydrogens is 204 g/mol. The van der Waals surface area contributed by atoms with Crippen LogP contribution < -0.4 is 0 Å². The van der Waals surface area contributed by atoms with Crippen molar-refractivity contribution in [1.29, 1.82) is 0 Å². The normalized spacial score (nSPS) is 41.1. The number of aliphatic hydroxyl groups excluding tert-OH is 4. The highest BCUT2D eigenvalue weighted by Crippen LogP contribution is 2.21. The summed E-state index contributed by atoms with van der Waals surface area (Å²) in [5.74, 6) is 2.17. The smallest absolute Gasteiger partial charge is 0.187 e. The zero-order valence-corrected chi connectivity index (χ0v) is 7.98. The minimum atomic E-state index is -1.43. The summed E-state index contributed by atoms with van der Waals surface area (Å²) in [6.07, 6.45) is -1.36. The van der Waals surface area contributed by atoms with E-state index in [2.05, 4.69) is 5.92 Å². The van der Waals surface area contributed by atoms with Gasteiger partial charge in [-0.25, -0.2) is 0 Å². The number of terminal acetylenes is 1. The van der Waals surface area contributed by atoms with E-state index in [1.54, 1.807) is 0 Å². The first-order valence-corrected chi connectivity index (χ1v) is 4.47. The third-order valence-electron chi connectivity index (χ3n) is 2.18. The summed E-state index contributed by atoms with van der Waals surface area (Å²) in [5, 5.41) is 37.0. The molecule has 0 spiro atoms. The Bertz CT molecular complexity index is 235. The molecule has 6 heteroatoms. The molecule has 1 saturated heterocycles. The molecule has 0 aromatic rings. The topological polar surface area (TPSA) is 99.4 Å². The number of hydrogen-bond acceptors (Lipinski definition) is 6. The van der Waals surface area contributed by atoms with Gasteiger partial charge in [-0.2, -0.15) is 0 Å². The lowest BCUT2D eigenvalue weighted by atomic mass is 9.99. The Kier molecular flexibility index (Phi) is 4.47. The Labute approximate surface area is 87.1 Å². The minimum absolute atomic E-state index is 0.0946. The van der Waals surface area contributed by atoms with Gasteiger partial charge in [0.05, 0.1) is 6.61 Å². The number of ether oxygens (including phenoxy) is 2. The molecule has 1 rings (SSSR count). The summed E-state index contributed by atoms with van der Waals surface area (Å²) in [5.41, 5.74) is 0. The van der Waals surface area contributed by atoms with Crippen LogP contribution in [0.5, 0.6) is 0 Å². The van der Waals surface area contributed by atoms with E-state index in [0.717, 1.165) is 0 Å². The van der Waals surface area contributed by atoms with Crippen molar-refractivity contribution in [1.82, 2.24) is 0 Å². The van der Waals surface area contributed by atoms with E-state index in [-0.39, 0.29) is 6.61 Å². The van der Waals surface area contributed by atoms with Crippen molar-refractivity contribution >= 4 is 0 Å². The van der Waals surface area contributed by atoms with E-state index in [9.17, 15) is 15.3 Å². The summed E-state index contributed by atoms with van der Waals surface area (Å²) >= 11 is 0. The zero-order valence-electron chi connectivity index (χ0n) is 7.98. The Morgan fingerprint density at radius 2 is 1.87 bits per heavy atom. The molecule has 0 aromatic heterocycles. The van der Waals surface area contributed by atoms with Crippen molar-refractivity contribution in [2.24, 2.45) is 0 Å². The average molecular weight is 218 g/mol. The van der Waals surface area contributed by atoms with Gasteiger partial charge in [-0.3, -0.25) is 0 Å². The lowest BCUT2D eigenvalue weighted by molar-refractivity contribution is -0.298. The number of hydrogen-bond donors (Lipinski definition) is 4. The fraction of sp³-hybridized carbons (Fsp3) is 0.778. The molecule has 0 bridgehead atoms. The van der Waals surface area contributed by atoms with Crippen LogP contribution in [0, 0.1) is 12.3 Å². The molecule has 0 aliphatic carbocycles. The van der Waals surface area contributed by atoms with Gasteiger partial charge in [-0.15, -0.1) is 6.42 Å². The third kappa shape index (κ3) is 2.66. The Morgan fingerprint density at radius 3 is 2.40 bits per heavy atom. The largest absolute Gasteiger partial charge is 0.394 e. The quantitative estimate of drug-likeness (QED) is 0.389. The van der Waals surface area contributed by atoms with E-state index in [1.165, 1.54) is 0 Å². The summed E-state index contributed by atoms with van der Waals surface area (Å²) < 4.78 is 9.91. The first kappa shape index (κ1) is 12.4. The molecule has 0 amide bonds. The van der Waals surface area contributed by atoms with E-state index in [4.69, 9.17) is 21.0 Å². The second kappa shape index (κ2) is 5.42. The van der Waals surface area contributed by atoms with Gasteiger partial charge in [0.15, 0.2) is 6.29 Å². The molecule has 0 aromatic carbocycles. The van der Waals surface area contributed by atoms with Crippen LogP contribution in [0.3, 0.4) is 0 Å². The fourth-order valence-electron chi connectivity index (χ4n) is 1.34. The van der Waals surface area contributed by atoms with Crippen molar-refractivity contribution in [3.05, 3.63) is 0 Å². The van der Waals surface area contributed by atoms with Crippen LogP contribution in [0.4, 0.5) is 0 Å². The van der Waals surface area contributed by atoms with Gasteiger partial charge in [0.1, 0.15) is 31.0 Å². The lowest BCUT2D eigenvalue weighted by Gasteiger charge is -2.39. The average Bonchev–Trinajstić information content (AvgIpc) is 2.25. The fourth-order valence-corrected chi connectivity index (χ4v) is 1.34. The van der Waals surface area contributed by atoms with Crippen molar-refractivity contribution in [3.8, 4) is 12.3 Å². The molecule has 5 atom stereocenters. The van der Waals surface area contributed by atoms with Crippen molar-refractivity contribution < 1.29 is 29.9 Å². The van der Waals surface area contributed by atoms with Crippen LogP contribution in [0.2, 0.25) is 0 Å². The second-order valence-corrected chi connectivity index (χ2v) is 3.21. The van der Waals surface area contributed by atoms with Gasteiger partial charge in [0, 0.05) is 0 Å². The first-order chi connectivity index (χ1) is 7.11. The first-order valence-electron chi connectivity index (χ1n) is 4.47. The third-order valence-corrected chi connectivity index (χ3v) is 2.18. The van der Waals surface area contributed by atoms with Gasteiger partial charge in [0.2, 0.25) is 0 Å². The minimum Gasteiger partial charge on any atom is -0.394 e. The Hall–Kier alpha value is -0.680. The highest BCUT2D eigenvalue weighted by molar-refractivity contribution is 4.90. The summed E-state index contributed by atoms with van der Waals surface area (Å²) in [7, 11) is 0. The molecule has 1 heterocycles. The molecular formula is C9H14O6. The van der Waals surface area contributed by atoms with E-state index < -0.39 is 37.3 Å². The standard InChI is InChI=1S/C9H14O6/c1-2-3-14-9-8(13)7(12)6(11)5(4-10)15-9/h1,5-13H,3-4H2/t5?,6?,7?,8?,9-/m1/s1. The molecule has 86 valence electrons. The Balaban J connectivity index is 2.62. The lowest BCUT2D eigenvalue weighted by Crippen LogP contribution is -2.59. The van der Waals surface area contributed by atoms with E-state index in [1.807, 2.05) is 0 Å². The maximum absolute atomic E-state index is 9.44. The van der Waals surface area contributed by atoms with E-state index >= 15 is 0 Å². The summed E-state index contributed by atoms with van der Waals surface area (Å²) in [4.78, 5) is 0. The maximum Gasteiger partial charge on any atom is 0.187 e. The molecule has 6 nitrogen and oxygen atoms in total. The second-order valence-electron chi connectivity index (χ2n) is 3.21. The molecule has 1 aliphatic heterocycles. The van der Waals surface area contributed by atoms with Crippen molar-refractivity contribution in [2.75, 3.05) is 13.2 Å². The molecule has 1 aliphatic rings. The van der Waals surface area contributed by atoms with Gasteiger partial charge in [0.25, 0.3) is 0 Å². The molecule has 15 heavy (non-hydrogen) atoms. The summed E-state index contributed by atoms with van der Waals surface area (Å²) in [6, 6.07) is 0. The molecule has 0 radical (unpaired) electrons. The SMILES string of the molecule is C#CCO[C@@H]1OC(CO)C(O)C(O)C1O. The molecule has 4 unspecified atom stereocenters. The van der Waals surface area contributed by atoms with Gasteiger partial charge >= 0.3 is 0 Å². The Morgan fingerprint density at radius 1 is 1.20 bits per heavy atom. The predicted octanol–water partition coefficient (Wildman–Crippen LogP) is -2.56. The highest BCUT2D eigenvalue weighted by atomic mass is 16.7. The maximum atomic E-state index is 9.44. The number of rotatable bonds is 3. The molecule has 0 saturated carbocycles. The monoisotopic (exact) mass is 218 g/mol. The van der Waals surface area contributed by atoms with Crippen LogP contribution >= 0.6 is 0 Å². The molecule has 1 fully saturated rings. The van der Waals surface area contributed by atoms with Gasteiger partial charge in [-0.05, 0) is 0 Å². The zero-order chi connectivity index (χ0) is 11.4. The van der Waals surface area contributed by atoms with Crippen LogP contribution in [0.25, 0.3) is 0 Å². The van der Waals surface area contributed by atoms with Crippen LogP contribution in [0.15, 0.2) is 0 Å². The van der Waals surface area contributed by atoms with Crippen LogP contribution in [0.1, 0.15) is 0 Å². The summed E-state index contributed by atoms with van der Waals surface area (Å²) in [6.45, 7) is -0.580. The van der Waals surface area contributed by atoms with Gasteiger partial charge in [-0.1, -0.05) is 5.92 Å². The van der Waals surface area contributed by atoms with Gasteiger partial charge < -0.3 is 29.9 Å². The van der Waals surface area contributed by atoms with E-state index in [0.29, 0.717) is 0 Å². The molecule has 4 N–H and O–H groups in total.